The summed E-state index contributed by atoms with van der Waals surface area (Å²) in [5.74, 6) is -1.08. The first-order valence-corrected chi connectivity index (χ1v) is 5.93. The summed E-state index contributed by atoms with van der Waals surface area (Å²) in [5.41, 5.74) is -1.03. The van der Waals surface area contributed by atoms with Crippen LogP contribution in [-0.2, 0) is 20.7 Å². The topological polar surface area (TPSA) is 85.7 Å². The zero-order chi connectivity index (χ0) is 13.9. The van der Waals surface area contributed by atoms with E-state index in [-0.39, 0.29) is 31.8 Å². The van der Waals surface area contributed by atoms with Crippen LogP contribution in [0.25, 0.3) is 0 Å². The number of ketones is 1. The number of nitrogens with zero attached hydrogens (tertiary/aromatic N) is 1. The molecule has 19 heavy (non-hydrogen) atoms. The number of Topliss-reactive ketones (excluding diaryl/α,β-unsaturated/α-hetero) is 1. The van der Waals surface area contributed by atoms with E-state index in [2.05, 4.69) is 4.98 Å². The number of hydrogen-bond donors (Lipinski definition) is 1. The van der Waals surface area contributed by atoms with E-state index in [0.717, 1.165) is 0 Å². The predicted molar refractivity (Wildman–Crippen MR) is 65.0 cm³/mol. The number of ether oxygens (including phenoxy) is 2. The standard InChI is InChI=1S/C13H15NO5/c1-18-11-4-2-3-9(14-11)7-13(12(16)17)8-19-6-5-10(13)15/h2-4H,5-8H2,1H3,(H,16,17). The SMILES string of the molecule is COc1cccc(CC2(C(=O)O)COCCC2=O)n1. The summed E-state index contributed by atoms with van der Waals surface area (Å²) in [7, 11) is 1.48. The van der Waals surface area contributed by atoms with Gasteiger partial charge in [-0.1, -0.05) is 6.07 Å². The van der Waals surface area contributed by atoms with Gasteiger partial charge in [-0.3, -0.25) is 9.59 Å². The van der Waals surface area contributed by atoms with Crippen molar-refractivity contribution in [1.82, 2.24) is 4.98 Å². The maximum atomic E-state index is 12.0. The molecule has 1 N–H and O–H groups in total. The molecule has 0 aromatic carbocycles. The number of aromatic nitrogens is 1. The third-order valence-corrected chi connectivity index (χ3v) is 3.24. The normalized spacial score (nSPS) is 23.1. The summed E-state index contributed by atoms with van der Waals surface area (Å²) in [6.45, 7) is 0.166. The molecule has 2 heterocycles. The van der Waals surface area contributed by atoms with Crippen LogP contribution in [0, 0.1) is 5.41 Å². The van der Waals surface area contributed by atoms with Crippen LogP contribution < -0.4 is 4.74 Å². The molecule has 6 heteroatoms. The highest BCUT2D eigenvalue weighted by molar-refractivity contribution is 6.04. The summed E-state index contributed by atoms with van der Waals surface area (Å²) in [6.07, 6.45) is 0.134. The molecule has 6 nitrogen and oxygen atoms in total. The molecule has 1 aliphatic heterocycles. The smallest absolute Gasteiger partial charge is 0.319 e. The van der Waals surface area contributed by atoms with Crippen molar-refractivity contribution in [3.05, 3.63) is 23.9 Å². The van der Waals surface area contributed by atoms with Gasteiger partial charge < -0.3 is 14.6 Å². The van der Waals surface area contributed by atoms with Crippen molar-refractivity contribution in [1.29, 1.82) is 0 Å². The van der Waals surface area contributed by atoms with Crippen LogP contribution in [0.1, 0.15) is 12.1 Å². The zero-order valence-electron chi connectivity index (χ0n) is 10.6. The zero-order valence-corrected chi connectivity index (χ0v) is 10.6. The van der Waals surface area contributed by atoms with Crippen LogP contribution in [-0.4, -0.2) is 42.2 Å². The van der Waals surface area contributed by atoms with E-state index in [1.54, 1.807) is 18.2 Å². The maximum absolute atomic E-state index is 12.0. The highest BCUT2D eigenvalue weighted by Crippen LogP contribution is 2.30. The molecule has 1 saturated heterocycles. The van der Waals surface area contributed by atoms with Gasteiger partial charge in [-0.05, 0) is 6.07 Å². The Morgan fingerprint density at radius 3 is 3.00 bits per heavy atom. The van der Waals surface area contributed by atoms with E-state index in [0.29, 0.717) is 11.6 Å². The van der Waals surface area contributed by atoms with Crippen molar-refractivity contribution in [2.75, 3.05) is 20.3 Å². The van der Waals surface area contributed by atoms with Gasteiger partial charge >= 0.3 is 5.97 Å². The van der Waals surface area contributed by atoms with Crippen LogP contribution in [0.4, 0.5) is 0 Å². The number of hydrogen-bond acceptors (Lipinski definition) is 5. The molecule has 1 unspecified atom stereocenters. The lowest BCUT2D eigenvalue weighted by atomic mass is 9.77. The number of aliphatic carboxylic acids is 1. The molecule has 102 valence electrons. The molecule has 1 aromatic heterocycles. The molecule has 2 rings (SSSR count). The average molecular weight is 265 g/mol. The molecule has 1 atom stereocenters. The first-order chi connectivity index (χ1) is 9.08. The van der Waals surface area contributed by atoms with Gasteiger partial charge in [0.05, 0.1) is 20.3 Å². The van der Waals surface area contributed by atoms with Gasteiger partial charge in [-0.2, -0.15) is 0 Å². The molecule has 1 aromatic rings. The first-order valence-electron chi connectivity index (χ1n) is 5.93. The maximum Gasteiger partial charge on any atom is 0.319 e. The van der Waals surface area contributed by atoms with E-state index >= 15 is 0 Å². The first kappa shape index (κ1) is 13.5. The molecule has 0 aliphatic carbocycles. The number of carbonyl (C=O) groups excluding carboxylic acids is 1. The van der Waals surface area contributed by atoms with Gasteiger partial charge in [0.2, 0.25) is 5.88 Å². The van der Waals surface area contributed by atoms with Crippen molar-refractivity contribution in [2.24, 2.45) is 5.41 Å². The van der Waals surface area contributed by atoms with E-state index < -0.39 is 11.4 Å². The minimum absolute atomic E-state index is 0.0123. The lowest BCUT2D eigenvalue weighted by Gasteiger charge is -2.31. The van der Waals surface area contributed by atoms with Crippen LogP contribution in [0.3, 0.4) is 0 Å². The minimum atomic E-state index is -1.53. The van der Waals surface area contributed by atoms with Crippen molar-refractivity contribution >= 4 is 11.8 Å². The summed E-state index contributed by atoms with van der Waals surface area (Å²) in [4.78, 5) is 27.6. The Labute approximate surface area is 110 Å². The Bertz CT molecular complexity index is 502. The van der Waals surface area contributed by atoms with Crippen molar-refractivity contribution in [3.8, 4) is 5.88 Å². The lowest BCUT2D eigenvalue weighted by Crippen LogP contribution is -2.48. The Kier molecular flexibility index (Phi) is 3.80. The highest BCUT2D eigenvalue weighted by Gasteiger charge is 2.48. The Morgan fingerprint density at radius 2 is 2.37 bits per heavy atom. The number of carboxylic acids is 1. The van der Waals surface area contributed by atoms with Crippen LogP contribution in [0.15, 0.2) is 18.2 Å². The van der Waals surface area contributed by atoms with Crippen molar-refractivity contribution in [2.45, 2.75) is 12.8 Å². The third kappa shape index (κ3) is 2.58. The third-order valence-electron chi connectivity index (χ3n) is 3.24. The number of pyridine rings is 1. The van der Waals surface area contributed by atoms with Crippen LogP contribution in [0.2, 0.25) is 0 Å². The summed E-state index contributed by atoms with van der Waals surface area (Å²) >= 11 is 0. The molecule has 1 fully saturated rings. The van der Waals surface area contributed by atoms with Gasteiger partial charge in [0.15, 0.2) is 11.2 Å². The Balaban J connectivity index is 2.30. The predicted octanol–water partition coefficient (Wildman–Crippen LogP) is 0.693. The minimum Gasteiger partial charge on any atom is -0.481 e. The van der Waals surface area contributed by atoms with Crippen LogP contribution >= 0.6 is 0 Å². The molecular weight excluding hydrogens is 250 g/mol. The summed E-state index contributed by atoms with van der Waals surface area (Å²) in [5, 5.41) is 9.39. The van der Waals surface area contributed by atoms with Gasteiger partial charge in [0.1, 0.15) is 0 Å². The quantitative estimate of drug-likeness (QED) is 0.806. The molecular formula is C13H15NO5. The fourth-order valence-corrected chi connectivity index (χ4v) is 2.12. The van der Waals surface area contributed by atoms with E-state index in [4.69, 9.17) is 9.47 Å². The fraction of sp³-hybridized carbons (Fsp3) is 0.462. The van der Waals surface area contributed by atoms with E-state index in [1.807, 2.05) is 0 Å². The fourth-order valence-electron chi connectivity index (χ4n) is 2.12. The van der Waals surface area contributed by atoms with Gasteiger partial charge in [0, 0.05) is 24.6 Å². The molecule has 0 spiro atoms. The number of methoxy groups -OCH3 is 1. The second kappa shape index (κ2) is 5.36. The van der Waals surface area contributed by atoms with E-state index in [1.165, 1.54) is 7.11 Å². The van der Waals surface area contributed by atoms with Gasteiger partial charge in [0.25, 0.3) is 0 Å². The molecule has 0 bridgehead atoms. The van der Waals surface area contributed by atoms with Crippen molar-refractivity contribution in [3.63, 3.8) is 0 Å². The van der Waals surface area contributed by atoms with E-state index in [9.17, 15) is 14.7 Å². The number of carboxylic acid groups (broad SMARTS) is 1. The summed E-state index contributed by atoms with van der Waals surface area (Å²) < 4.78 is 10.2. The molecule has 0 saturated carbocycles. The monoisotopic (exact) mass is 265 g/mol. The van der Waals surface area contributed by atoms with Gasteiger partial charge in [-0.25, -0.2) is 4.98 Å². The van der Waals surface area contributed by atoms with Gasteiger partial charge in [-0.15, -0.1) is 0 Å². The molecule has 0 radical (unpaired) electrons. The lowest BCUT2D eigenvalue weighted by molar-refractivity contribution is -0.164. The average Bonchev–Trinajstić information content (AvgIpc) is 2.41. The van der Waals surface area contributed by atoms with Crippen LogP contribution in [0.5, 0.6) is 5.88 Å². The molecule has 1 aliphatic rings. The number of carbonyl (C=O) groups is 2. The number of rotatable bonds is 4. The largest absolute Gasteiger partial charge is 0.481 e. The second-order valence-electron chi connectivity index (χ2n) is 4.46. The Hall–Kier alpha value is -1.95. The summed E-state index contributed by atoms with van der Waals surface area (Å²) in [6, 6.07) is 5.05. The highest BCUT2D eigenvalue weighted by atomic mass is 16.5. The molecule has 0 amide bonds. The Morgan fingerprint density at radius 1 is 1.58 bits per heavy atom. The second-order valence-corrected chi connectivity index (χ2v) is 4.46. The van der Waals surface area contributed by atoms with Crippen molar-refractivity contribution < 1.29 is 24.2 Å².